The average molecular weight is 368 g/mol. The predicted molar refractivity (Wildman–Crippen MR) is 86.2 cm³/mol. The normalized spacial score (nSPS) is 10.4. The van der Waals surface area contributed by atoms with E-state index in [4.69, 9.17) is 5.73 Å². The van der Waals surface area contributed by atoms with Gasteiger partial charge in [0, 0.05) is 9.37 Å². The molecule has 0 saturated heterocycles. The minimum atomic E-state index is -0.517. The molecule has 0 unspecified atom stereocenters. The van der Waals surface area contributed by atoms with Gasteiger partial charge in [-0.2, -0.15) is 0 Å². The number of hydrogen-bond acceptors (Lipinski definition) is 6. The summed E-state index contributed by atoms with van der Waals surface area (Å²) in [6.07, 6.45) is 0. The Morgan fingerprint density at radius 1 is 1.33 bits per heavy atom. The Balaban J connectivity index is 2.14. The van der Waals surface area contributed by atoms with Gasteiger partial charge in [-0.3, -0.25) is 0 Å². The highest BCUT2D eigenvalue weighted by Gasteiger charge is 2.17. The van der Waals surface area contributed by atoms with Gasteiger partial charge >= 0.3 is 5.97 Å². The number of carbonyl (C=O) groups is 1. The number of nitrogens with two attached hydrogens (primary N) is 1. The molecule has 0 aliphatic carbocycles. The molecule has 1 aromatic carbocycles. The zero-order valence-electron chi connectivity index (χ0n) is 11.6. The van der Waals surface area contributed by atoms with Gasteiger partial charge in [-0.1, -0.05) is 15.9 Å². The van der Waals surface area contributed by atoms with Crippen LogP contribution in [-0.2, 0) is 10.5 Å². The van der Waals surface area contributed by atoms with Gasteiger partial charge in [0.15, 0.2) is 0 Å². The summed E-state index contributed by atoms with van der Waals surface area (Å²) in [7, 11) is 1.30. The first-order valence-corrected chi connectivity index (χ1v) is 7.88. The second kappa shape index (κ2) is 6.91. The summed E-state index contributed by atoms with van der Waals surface area (Å²) in [6.45, 7) is 1.72. The lowest BCUT2D eigenvalue weighted by Crippen LogP contribution is -2.13. The number of hydrogen-bond donors (Lipinski definition) is 1. The maximum Gasteiger partial charge on any atom is 0.343 e. The number of carbonyl (C=O) groups excluding carboxylic acids is 1. The number of methoxy groups -OCH3 is 1. The number of halogens is 1. The highest BCUT2D eigenvalue weighted by atomic mass is 79.9. The Kier molecular flexibility index (Phi) is 5.19. The molecular formula is C14H14BrN3O2S. The summed E-state index contributed by atoms with van der Waals surface area (Å²) in [5.41, 5.74) is 6.58. The number of aromatic nitrogens is 2. The molecule has 0 saturated carbocycles. The van der Waals surface area contributed by atoms with E-state index >= 15 is 0 Å². The van der Waals surface area contributed by atoms with Crippen LogP contribution in [0, 0.1) is 6.92 Å². The first kappa shape index (κ1) is 15.8. The van der Waals surface area contributed by atoms with Crippen molar-refractivity contribution < 1.29 is 9.53 Å². The van der Waals surface area contributed by atoms with Gasteiger partial charge in [-0.25, -0.2) is 14.8 Å². The molecule has 2 aromatic rings. The van der Waals surface area contributed by atoms with Crippen molar-refractivity contribution in [2.24, 2.45) is 0 Å². The van der Waals surface area contributed by atoms with Crippen molar-refractivity contribution in [2.45, 2.75) is 17.6 Å². The van der Waals surface area contributed by atoms with Crippen LogP contribution in [0.3, 0.4) is 0 Å². The summed E-state index contributed by atoms with van der Waals surface area (Å²) < 4.78 is 5.70. The van der Waals surface area contributed by atoms with Crippen molar-refractivity contribution in [2.75, 3.05) is 12.8 Å². The van der Waals surface area contributed by atoms with Crippen LogP contribution in [-0.4, -0.2) is 23.0 Å². The number of aryl methyl sites for hydroxylation is 1. The molecule has 0 spiro atoms. The number of rotatable bonds is 4. The minimum Gasteiger partial charge on any atom is -0.465 e. The third kappa shape index (κ3) is 3.95. The summed E-state index contributed by atoms with van der Waals surface area (Å²) in [6, 6.07) is 7.97. The van der Waals surface area contributed by atoms with E-state index in [9.17, 15) is 4.79 Å². The van der Waals surface area contributed by atoms with Crippen molar-refractivity contribution in [3.63, 3.8) is 0 Å². The van der Waals surface area contributed by atoms with E-state index in [0.717, 1.165) is 9.37 Å². The molecule has 1 heterocycles. The highest BCUT2D eigenvalue weighted by molar-refractivity contribution is 9.10. The monoisotopic (exact) mass is 367 g/mol. The SMILES string of the molecule is COC(=O)c1c(C)nc(CSc2ccc(Br)cc2)nc1N. The van der Waals surface area contributed by atoms with E-state index in [1.165, 1.54) is 7.11 Å². The quantitative estimate of drug-likeness (QED) is 0.660. The van der Waals surface area contributed by atoms with Crippen molar-refractivity contribution in [1.82, 2.24) is 9.97 Å². The second-order valence-corrected chi connectivity index (χ2v) is 6.18. The maximum absolute atomic E-state index is 11.6. The fraction of sp³-hybridized carbons (Fsp3) is 0.214. The topological polar surface area (TPSA) is 78.1 Å². The van der Waals surface area contributed by atoms with Gasteiger partial charge in [0.25, 0.3) is 0 Å². The van der Waals surface area contributed by atoms with Crippen LogP contribution in [0.25, 0.3) is 0 Å². The van der Waals surface area contributed by atoms with Crippen LogP contribution in [0.15, 0.2) is 33.6 Å². The number of esters is 1. The zero-order chi connectivity index (χ0) is 15.4. The van der Waals surface area contributed by atoms with E-state index in [1.54, 1.807) is 18.7 Å². The van der Waals surface area contributed by atoms with E-state index in [1.807, 2.05) is 24.3 Å². The van der Waals surface area contributed by atoms with E-state index in [0.29, 0.717) is 17.3 Å². The molecule has 1 aromatic heterocycles. The Hall–Kier alpha value is -1.60. The van der Waals surface area contributed by atoms with Crippen LogP contribution in [0.2, 0.25) is 0 Å². The Labute approximate surface area is 135 Å². The van der Waals surface area contributed by atoms with Crippen molar-refractivity contribution in [1.29, 1.82) is 0 Å². The molecule has 0 fully saturated rings. The number of ether oxygens (including phenoxy) is 1. The number of anilines is 1. The first-order chi connectivity index (χ1) is 10.0. The summed E-state index contributed by atoms with van der Waals surface area (Å²) in [5, 5.41) is 0. The fourth-order valence-corrected chi connectivity index (χ4v) is 2.77. The molecule has 0 bridgehead atoms. The fourth-order valence-electron chi connectivity index (χ4n) is 1.75. The minimum absolute atomic E-state index is 0.153. The molecule has 0 aliphatic heterocycles. The van der Waals surface area contributed by atoms with Crippen molar-refractivity contribution >= 4 is 39.5 Å². The van der Waals surface area contributed by atoms with Crippen LogP contribution in [0.4, 0.5) is 5.82 Å². The molecule has 21 heavy (non-hydrogen) atoms. The van der Waals surface area contributed by atoms with Gasteiger partial charge in [0.2, 0.25) is 0 Å². The van der Waals surface area contributed by atoms with E-state index in [-0.39, 0.29) is 11.4 Å². The van der Waals surface area contributed by atoms with Gasteiger partial charge in [-0.05, 0) is 31.2 Å². The number of nitrogens with zero attached hydrogens (tertiary/aromatic N) is 2. The Morgan fingerprint density at radius 2 is 2.00 bits per heavy atom. The van der Waals surface area contributed by atoms with Crippen LogP contribution in [0.1, 0.15) is 21.9 Å². The van der Waals surface area contributed by atoms with Gasteiger partial charge < -0.3 is 10.5 Å². The highest BCUT2D eigenvalue weighted by Crippen LogP contribution is 2.24. The van der Waals surface area contributed by atoms with Gasteiger partial charge in [0.05, 0.1) is 18.6 Å². The molecule has 5 nitrogen and oxygen atoms in total. The largest absolute Gasteiger partial charge is 0.465 e. The number of thioether (sulfide) groups is 1. The lowest BCUT2D eigenvalue weighted by atomic mass is 10.2. The number of benzene rings is 1. The first-order valence-electron chi connectivity index (χ1n) is 6.11. The van der Waals surface area contributed by atoms with Crippen molar-refractivity contribution in [3.8, 4) is 0 Å². The molecule has 110 valence electrons. The predicted octanol–water partition coefficient (Wildman–Crippen LogP) is 3.21. The number of nitrogen functional groups attached to an aromatic ring is 1. The van der Waals surface area contributed by atoms with Crippen LogP contribution in [0.5, 0.6) is 0 Å². The van der Waals surface area contributed by atoms with Gasteiger partial charge in [-0.15, -0.1) is 11.8 Å². The molecular weight excluding hydrogens is 354 g/mol. The molecule has 0 amide bonds. The smallest absolute Gasteiger partial charge is 0.343 e. The summed E-state index contributed by atoms with van der Waals surface area (Å²) >= 11 is 5.00. The molecule has 0 radical (unpaired) electrons. The summed E-state index contributed by atoms with van der Waals surface area (Å²) in [4.78, 5) is 21.2. The molecule has 0 atom stereocenters. The Bertz CT molecular complexity index is 639. The average Bonchev–Trinajstić information content (AvgIpc) is 2.45. The summed E-state index contributed by atoms with van der Waals surface area (Å²) in [5.74, 6) is 0.803. The van der Waals surface area contributed by atoms with E-state index in [2.05, 4.69) is 30.6 Å². The van der Waals surface area contributed by atoms with Crippen LogP contribution >= 0.6 is 27.7 Å². The third-order valence-electron chi connectivity index (χ3n) is 2.74. The van der Waals surface area contributed by atoms with Crippen LogP contribution < -0.4 is 5.73 Å². The van der Waals surface area contributed by atoms with Gasteiger partial charge in [0.1, 0.15) is 17.2 Å². The second-order valence-electron chi connectivity index (χ2n) is 4.22. The Morgan fingerprint density at radius 3 is 2.57 bits per heavy atom. The standard InChI is InChI=1S/C14H14BrN3O2S/c1-8-12(14(19)20-2)13(16)18-11(17-8)7-21-10-5-3-9(15)4-6-10/h3-6H,7H2,1-2H3,(H2,16,17,18). The lowest BCUT2D eigenvalue weighted by molar-refractivity contribution is 0.0600. The van der Waals surface area contributed by atoms with Crippen molar-refractivity contribution in [3.05, 3.63) is 45.8 Å². The molecule has 2 N–H and O–H groups in total. The molecule has 7 heteroatoms. The molecule has 0 aliphatic rings. The zero-order valence-corrected chi connectivity index (χ0v) is 14.0. The molecule has 2 rings (SSSR count). The lowest BCUT2D eigenvalue weighted by Gasteiger charge is -2.08. The van der Waals surface area contributed by atoms with E-state index < -0.39 is 5.97 Å². The third-order valence-corrected chi connectivity index (χ3v) is 4.27. The maximum atomic E-state index is 11.6.